The maximum absolute atomic E-state index is 11.5. The third-order valence-electron chi connectivity index (χ3n) is 6.11. The Balaban J connectivity index is 1.78. The molecule has 0 aliphatic heterocycles. The molecule has 0 spiro atoms. The van der Waals surface area contributed by atoms with E-state index in [0.29, 0.717) is 5.57 Å². The summed E-state index contributed by atoms with van der Waals surface area (Å²) >= 11 is 0. The molecule has 1 unspecified atom stereocenters. The first kappa shape index (κ1) is 27.4. The highest BCUT2D eigenvalue weighted by atomic mass is 16.5. The monoisotopic (exact) mass is 463 g/mol. The largest absolute Gasteiger partial charge is 0.494 e. The van der Waals surface area contributed by atoms with E-state index in [4.69, 9.17) is 4.74 Å². The molecule has 0 radical (unpaired) electrons. The number of aliphatic carboxylic acids is 1. The predicted octanol–water partition coefficient (Wildman–Crippen LogP) is 8.47. The highest BCUT2D eigenvalue weighted by molar-refractivity contribution is 5.92. The van der Waals surface area contributed by atoms with Crippen molar-refractivity contribution in [2.75, 3.05) is 6.61 Å². The first-order valence-electron chi connectivity index (χ1n) is 12.8. The molecular formula is C30H41NO3. The second-order valence-corrected chi connectivity index (χ2v) is 8.96. The van der Waals surface area contributed by atoms with Crippen LogP contribution in [-0.4, -0.2) is 23.9 Å². The van der Waals surface area contributed by atoms with Gasteiger partial charge in [-0.2, -0.15) is 0 Å². The summed E-state index contributed by atoms with van der Waals surface area (Å²) in [6, 6.07) is 15.6. The molecule has 4 heteroatoms. The van der Waals surface area contributed by atoms with E-state index in [1.54, 1.807) is 6.08 Å². The van der Waals surface area contributed by atoms with Gasteiger partial charge in [-0.3, -0.25) is 4.99 Å². The van der Waals surface area contributed by atoms with Crippen molar-refractivity contribution in [2.24, 2.45) is 10.9 Å². The van der Waals surface area contributed by atoms with Crippen LogP contribution in [0, 0.1) is 5.92 Å². The Morgan fingerprint density at radius 2 is 1.47 bits per heavy atom. The van der Waals surface area contributed by atoms with Crippen molar-refractivity contribution >= 4 is 23.9 Å². The number of unbranched alkanes of at least 4 members (excludes halogenated alkanes) is 7. The van der Waals surface area contributed by atoms with Gasteiger partial charge in [0.05, 0.1) is 12.3 Å². The molecule has 2 aromatic carbocycles. The van der Waals surface area contributed by atoms with Gasteiger partial charge in [-0.15, -0.1) is 0 Å². The molecule has 0 amide bonds. The second kappa shape index (κ2) is 15.9. The summed E-state index contributed by atoms with van der Waals surface area (Å²) in [5.74, 6) is 0.0518. The molecule has 4 nitrogen and oxygen atoms in total. The van der Waals surface area contributed by atoms with Gasteiger partial charge in [0.1, 0.15) is 5.75 Å². The lowest BCUT2D eigenvalue weighted by atomic mass is 9.96. The number of carboxylic acids is 1. The number of ether oxygens (including phenoxy) is 1. The van der Waals surface area contributed by atoms with Gasteiger partial charge in [0.2, 0.25) is 0 Å². The van der Waals surface area contributed by atoms with Gasteiger partial charge in [0.25, 0.3) is 0 Å². The number of rotatable bonds is 16. The molecule has 184 valence electrons. The molecule has 0 saturated carbocycles. The molecule has 0 aliphatic rings. The van der Waals surface area contributed by atoms with Gasteiger partial charge in [-0.1, -0.05) is 77.8 Å². The average molecular weight is 464 g/mol. The Morgan fingerprint density at radius 3 is 2.06 bits per heavy atom. The van der Waals surface area contributed by atoms with Crippen LogP contribution in [-0.2, 0) is 4.79 Å². The van der Waals surface area contributed by atoms with E-state index in [-0.39, 0.29) is 5.92 Å². The van der Waals surface area contributed by atoms with Gasteiger partial charge in [-0.25, -0.2) is 4.79 Å². The number of nitrogens with zero attached hydrogens (tertiary/aromatic N) is 1. The van der Waals surface area contributed by atoms with Crippen molar-refractivity contribution in [1.29, 1.82) is 0 Å². The lowest BCUT2D eigenvalue weighted by Gasteiger charge is -2.09. The van der Waals surface area contributed by atoms with Crippen LogP contribution in [0.5, 0.6) is 5.75 Å². The summed E-state index contributed by atoms with van der Waals surface area (Å²) < 4.78 is 5.86. The summed E-state index contributed by atoms with van der Waals surface area (Å²) in [6.45, 7) is 6.95. The van der Waals surface area contributed by atoms with Gasteiger partial charge >= 0.3 is 5.97 Å². The molecule has 1 atom stereocenters. The summed E-state index contributed by atoms with van der Waals surface area (Å²) in [7, 11) is 0. The quantitative estimate of drug-likeness (QED) is 0.154. The standard InChI is InChI=1S/C30H41NO3/c1-4-6-7-8-9-10-11-12-21-34-28-19-15-26(16-20-28)23-31-27-17-13-25(14-18-27)22-29(30(32)33)24(3)5-2/h13-20,22-24H,4-12,21H2,1-3H3,(H,32,33). The molecular weight excluding hydrogens is 422 g/mol. The van der Waals surface area contributed by atoms with Crippen LogP contribution in [0.25, 0.3) is 6.08 Å². The molecule has 0 bridgehead atoms. The number of carboxylic acid groups (broad SMARTS) is 1. The maximum Gasteiger partial charge on any atom is 0.331 e. The number of hydrogen-bond acceptors (Lipinski definition) is 3. The summed E-state index contributed by atoms with van der Waals surface area (Å²) in [5.41, 5.74) is 3.14. The molecule has 1 N–H and O–H groups in total. The van der Waals surface area contributed by atoms with E-state index in [2.05, 4.69) is 11.9 Å². The van der Waals surface area contributed by atoms with E-state index in [9.17, 15) is 9.90 Å². The van der Waals surface area contributed by atoms with E-state index >= 15 is 0 Å². The number of benzene rings is 2. The maximum atomic E-state index is 11.5. The van der Waals surface area contributed by atoms with Crippen LogP contribution in [0.2, 0.25) is 0 Å². The van der Waals surface area contributed by atoms with Gasteiger partial charge in [0, 0.05) is 11.8 Å². The summed E-state index contributed by atoms with van der Waals surface area (Å²) in [6.07, 6.45) is 14.8. The Morgan fingerprint density at radius 1 is 0.882 bits per heavy atom. The fraction of sp³-hybridized carbons (Fsp3) is 0.467. The first-order valence-corrected chi connectivity index (χ1v) is 12.8. The number of carbonyl (C=O) groups is 1. The van der Waals surface area contributed by atoms with Crippen LogP contribution in [0.4, 0.5) is 5.69 Å². The zero-order chi connectivity index (χ0) is 24.6. The minimum Gasteiger partial charge on any atom is -0.494 e. The second-order valence-electron chi connectivity index (χ2n) is 8.96. The minimum atomic E-state index is -0.860. The molecule has 34 heavy (non-hydrogen) atoms. The zero-order valence-corrected chi connectivity index (χ0v) is 21.1. The normalized spacial score (nSPS) is 12.7. The third kappa shape index (κ3) is 10.4. The minimum absolute atomic E-state index is 0.0162. The van der Waals surface area contributed by atoms with Crippen molar-refractivity contribution in [3.05, 3.63) is 65.2 Å². The Labute approximate surface area is 205 Å². The lowest BCUT2D eigenvalue weighted by Crippen LogP contribution is -2.08. The molecule has 0 heterocycles. The van der Waals surface area contributed by atoms with Gasteiger partial charge < -0.3 is 9.84 Å². The third-order valence-corrected chi connectivity index (χ3v) is 6.11. The van der Waals surface area contributed by atoms with E-state index in [1.165, 1.54) is 44.9 Å². The van der Waals surface area contributed by atoms with Crippen LogP contribution >= 0.6 is 0 Å². The van der Waals surface area contributed by atoms with Crippen molar-refractivity contribution < 1.29 is 14.6 Å². The van der Waals surface area contributed by atoms with Crippen LogP contribution in [0.15, 0.2) is 59.1 Å². The Kier molecular flexibility index (Phi) is 12.8. The number of aliphatic imine (C=N–C) groups is 1. The summed E-state index contributed by atoms with van der Waals surface area (Å²) in [4.78, 5) is 16.0. The topological polar surface area (TPSA) is 58.9 Å². The van der Waals surface area contributed by atoms with E-state index < -0.39 is 5.97 Å². The Hall–Kier alpha value is -2.88. The van der Waals surface area contributed by atoms with Crippen molar-refractivity contribution in [3.8, 4) is 5.75 Å². The summed E-state index contributed by atoms with van der Waals surface area (Å²) in [5, 5.41) is 9.43. The molecule has 2 aromatic rings. The molecule has 0 aliphatic carbocycles. The van der Waals surface area contributed by atoms with Gasteiger partial charge in [0.15, 0.2) is 0 Å². The van der Waals surface area contributed by atoms with Crippen LogP contribution in [0.1, 0.15) is 89.7 Å². The number of hydrogen-bond donors (Lipinski definition) is 1. The highest BCUT2D eigenvalue weighted by Crippen LogP contribution is 2.21. The highest BCUT2D eigenvalue weighted by Gasteiger charge is 2.14. The van der Waals surface area contributed by atoms with E-state index in [1.807, 2.05) is 68.6 Å². The molecule has 0 fully saturated rings. The Bertz CT molecular complexity index is 898. The molecule has 2 rings (SSSR count). The van der Waals surface area contributed by atoms with E-state index in [0.717, 1.165) is 42.0 Å². The van der Waals surface area contributed by atoms with Gasteiger partial charge in [-0.05, 0) is 72.4 Å². The predicted molar refractivity (Wildman–Crippen MR) is 143 cm³/mol. The smallest absolute Gasteiger partial charge is 0.331 e. The fourth-order valence-electron chi connectivity index (χ4n) is 3.70. The van der Waals surface area contributed by atoms with Crippen molar-refractivity contribution in [2.45, 2.75) is 78.6 Å². The molecule has 0 saturated heterocycles. The SMILES string of the molecule is CCCCCCCCCCOc1ccc(C=Nc2ccc(C=C(C(=O)O)C(C)CC)cc2)cc1. The van der Waals surface area contributed by atoms with Crippen molar-refractivity contribution in [1.82, 2.24) is 0 Å². The first-order chi connectivity index (χ1) is 16.5. The molecule has 0 aromatic heterocycles. The average Bonchev–Trinajstić information content (AvgIpc) is 2.85. The lowest BCUT2D eigenvalue weighted by molar-refractivity contribution is -0.133. The zero-order valence-electron chi connectivity index (χ0n) is 21.1. The van der Waals surface area contributed by atoms with Crippen molar-refractivity contribution in [3.63, 3.8) is 0 Å². The van der Waals surface area contributed by atoms with Crippen LogP contribution < -0.4 is 4.74 Å². The fourth-order valence-corrected chi connectivity index (χ4v) is 3.70. The van der Waals surface area contributed by atoms with Crippen LogP contribution in [0.3, 0.4) is 0 Å².